The molecule has 1 unspecified atom stereocenters. The van der Waals surface area contributed by atoms with Crippen molar-refractivity contribution in [3.05, 3.63) is 95.3 Å². The largest absolute Gasteiger partial charge is 0.506 e. The van der Waals surface area contributed by atoms with E-state index in [9.17, 15) is 19.4 Å². The molecule has 0 saturated heterocycles. The van der Waals surface area contributed by atoms with Crippen molar-refractivity contribution in [3.63, 3.8) is 0 Å². The fraction of sp³-hybridized carbons (Fsp3) is 0.0500. The van der Waals surface area contributed by atoms with Gasteiger partial charge in [0.25, 0.3) is 0 Å². The van der Waals surface area contributed by atoms with Gasteiger partial charge in [0.15, 0.2) is 0 Å². The Bertz CT molecular complexity index is 879. The Morgan fingerprint density at radius 3 is 2.16 bits per heavy atom. The molecule has 3 aromatic rings. The molecule has 0 radical (unpaired) electrons. The molecule has 0 aliphatic heterocycles. The highest BCUT2D eigenvalue weighted by Crippen LogP contribution is 2.34. The third-order valence-electron chi connectivity index (χ3n) is 3.90. The molecule has 126 valence electrons. The zero-order chi connectivity index (χ0) is 17.8. The van der Waals surface area contributed by atoms with E-state index in [1.165, 1.54) is 30.3 Å². The first-order valence-electron chi connectivity index (χ1n) is 7.68. The summed E-state index contributed by atoms with van der Waals surface area (Å²) in [6.45, 7) is 0. The van der Waals surface area contributed by atoms with E-state index in [0.29, 0.717) is 0 Å². The molecule has 3 rings (SSSR count). The smallest absolute Gasteiger partial charge is 0.337 e. The molecule has 1 atom stereocenters. The number of hydrogen-bond donors (Lipinski definition) is 3. The first kappa shape index (κ1) is 16.5. The van der Waals surface area contributed by atoms with Gasteiger partial charge in [-0.2, -0.15) is 0 Å². The van der Waals surface area contributed by atoms with E-state index in [4.69, 9.17) is 0 Å². The quantitative estimate of drug-likeness (QED) is 0.602. The van der Waals surface area contributed by atoms with Crippen LogP contribution >= 0.6 is 0 Å². The molecule has 0 amide bonds. The Hall–Kier alpha value is -3.34. The van der Waals surface area contributed by atoms with Crippen molar-refractivity contribution < 1.29 is 19.4 Å². The summed E-state index contributed by atoms with van der Waals surface area (Å²) in [6.07, 6.45) is 0. The number of carbonyl (C=O) groups is 1. The van der Waals surface area contributed by atoms with Crippen LogP contribution in [0.25, 0.3) is 0 Å². The molecule has 5 heteroatoms. The second-order valence-corrected chi connectivity index (χ2v) is 5.54. The predicted octanol–water partition coefficient (Wildman–Crippen LogP) is 4.43. The van der Waals surface area contributed by atoms with Crippen LogP contribution in [0.15, 0.2) is 72.8 Å². The number of rotatable bonds is 5. The standard InChI is InChI=1S/C20H16FNO3/c21-15-11-9-14(10-12-15)18(13-5-2-1-3-6-13)22-19-16(20(24)25)7-4-8-17(19)23/h1-12,18,22-23H,(H,24,25). The molecule has 0 aliphatic rings. The maximum absolute atomic E-state index is 13.3. The highest BCUT2D eigenvalue weighted by molar-refractivity contribution is 5.96. The number of carboxylic acids is 1. The molecule has 0 saturated carbocycles. The third kappa shape index (κ3) is 3.61. The monoisotopic (exact) mass is 337 g/mol. The van der Waals surface area contributed by atoms with Crippen LogP contribution in [0.2, 0.25) is 0 Å². The highest BCUT2D eigenvalue weighted by Gasteiger charge is 2.20. The van der Waals surface area contributed by atoms with Crippen LogP contribution in [0, 0.1) is 5.82 Å². The molecule has 0 heterocycles. The number of para-hydroxylation sites is 1. The van der Waals surface area contributed by atoms with Gasteiger partial charge in [0.1, 0.15) is 11.6 Å². The fourth-order valence-electron chi connectivity index (χ4n) is 2.67. The molecule has 4 nitrogen and oxygen atoms in total. The van der Waals surface area contributed by atoms with Gasteiger partial charge in [-0.1, -0.05) is 48.5 Å². The van der Waals surface area contributed by atoms with E-state index in [-0.39, 0.29) is 22.8 Å². The highest BCUT2D eigenvalue weighted by atomic mass is 19.1. The fourth-order valence-corrected chi connectivity index (χ4v) is 2.67. The van der Waals surface area contributed by atoms with Crippen molar-refractivity contribution in [3.8, 4) is 5.75 Å². The Morgan fingerprint density at radius 2 is 1.52 bits per heavy atom. The summed E-state index contributed by atoms with van der Waals surface area (Å²) >= 11 is 0. The zero-order valence-electron chi connectivity index (χ0n) is 13.2. The normalized spacial score (nSPS) is 11.7. The van der Waals surface area contributed by atoms with Crippen LogP contribution in [0.3, 0.4) is 0 Å². The average molecular weight is 337 g/mol. The number of nitrogens with one attached hydrogen (secondary N) is 1. The van der Waals surface area contributed by atoms with Crippen molar-refractivity contribution >= 4 is 11.7 Å². The summed E-state index contributed by atoms with van der Waals surface area (Å²) in [5.74, 6) is -1.67. The van der Waals surface area contributed by atoms with Gasteiger partial charge in [-0.3, -0.25) is 0 Å². The molecular formula is C20H16FNO3. The summed E-state index contributed by atoms with van der Waals surface area (Å²) < 4.78 is 13.3. The van der Waals surface area contributed by atoms with E-state index in [1.54, 1.807) is 12.1 Å². The molecule has 3 N–H and O–H groups in total. The minimum absolute atomic E-state index is 0.0388. The number of hydrogen-bond acceptors (Lipinski definition) is 3. The van der Waals surface area contributed by atoms with Gasteiger partial charge in [0.05, 0.1) is 17.3 Å². The number of benzene rings is 3. The van der Waals surface area contributed by atoms with E-state index >= 15 is 0 Å². The number of aromatic carboxylic acids is 1. The Morgan fingerprint density at radius 1 is 0.880 bits per heavy atom. The lowest BCUT2D eigenvalue weighted by Gasteiger charge is -2.23. The van der Waals surface area contributed by atoms with E-state index < -0.39 is 12.0 Å². The minimum atomic E-state index is -1.15. The number of carboxylic acid groups (broad SMARTS) is 1. The molecule has 25 heavy (non-hydrogen) atoms. The van der Waals surface area contributed by atoms with Crippen LogP contribution in [-0.2, 0) is 0 Å². The number of phenolic OH excluding ortho intramolecular Hbond substituents is 1. The summed E-state index contributed by atoms with van der Waals surface area (Å²) in [5, 5.41) is 22.6. The predicted molar refractivity (Wildman–Crippen MR) is 93.4 cm³/mol. The van der Waals surface area contributed by atoms with Crippen molar-refractivity contribution in [2.75, 3.05) is 5.32 Å². The van der Waals surface area contributed by atoms with Gasteiger partial charge in [-0.15, -0.1) is 0 Å². The maximum atomic E-state index is 13.3. The maximum Gasteiger partial charge on any atom is 0.337 e. The average Bonchev–Trinajstić information content (AvgIpc) is 2.62. The molecule has 0 aromatic heterocycles. The van der Waals surface area contributed by atoms with Crippen LogP contribution in [-0.4, -0.2) is 16.2 Å². The van der Waals surface area contributed by atoms with Gasteiger partial charge in [-0.25, -0.2) is 9.18 Å². The lowest BCUT2D eigenvalue weighted by molar-refractivity contribution is 0.0697. The van der Waals surface area contributed by atoms with Gasteiger partial charge in [-0.05, 0) is 35.4 Å². The van der Waals surface area contributed by atoms with Crippen LogP contribution < -0.4 is 5.32 Å². The van der Waals surface area contributed by atoms with Crippen LogP contribution in [0.4, 0.5) is 10.1 Å². The first-order chi connectivity index (χ1) is 12.1. The summed E-state index contributed by atoms with van der Waals surface area (Å²) in [5.41, 5.74) is 1.68. The molecule has 0 aliphatic carbocycles. The van der Waals surface area contributed by atoms with Crippen molar-refractivity contribution in [2.45, 2.75) is 6.04 Å². The second kappa shape index (κ2) is 7.05. The van der Waals surface area contributed by atoms with Gasteiger partial charge >= 0.3 is 5.97 Å². The van der Waals surface area contributed by atoms with Gasteiger partial charge < -0.3 is 15.5 Å². The number of anilines is 1. The van der Waals surface area contributed by atoms with Crippen LogP contribution in [0.1, 0.15) is 27.5 Å². The van der Waals surface area contributed by atoms with E-state index in [1.807, 2.05) is 30.3 Å². The number of halogens is 1. The number of phenols is 1. The van der Waals surface area contributed by atoms with Gasteiger partial charge in [0.2, 0.25) is 0 Å². The Balaban J connectivity index is 2.08. The Labute approximate surface area is 144 Å². The summed E-state index contributed by atoms with van der Waals surface area (Å²) in [7, 11) is 0. The lowest BCUT2D eigenvalue weighted by atomic mass is 9.97. The minimum Gasteiger partial charge on any atom is -0.506 e. The first-order valence-corrected chi connectivity index (χ1v) is 7.68. The molecular weight excluding hydrogens is 321 g/mol. The van der Waals surface area contributed by atoms with Crippen molar-refractivity contribution in [2.24, 2.45) is 0 Å². The third-order valence-corrected chi connectivity index (χ3v) is 3.90. The lowest BCUT2D eigenvalue weighted by Crippen LogP contribution is -2.15. The van der Waals surface area contributed by atoms with E-state index in [0.717, 1.165) is 11.1 Å². The molecule has 0 spiro atoms. The topological polar surface area (TPSA) is 69.6 Å². The SMILES string of the molecule is O=C(O)c1cccc(O)c1NC(c1ccccc1)c1ccc(F)cc1. The van der Waals surface area contributed by atoms with Crippen molar-refractivity contribution in [1.82, 2.24) is 0 Å². The molecule has 0 fully saturated rings. The summed E-state index contributed by atoms with van der Waals surface area (Å²) in [6, 6.07) is 19.1. The summed E-state index contributed by atoms with van der Waals surface area (Å²) in [4.78, 5) is 11.5. The Kier molecular flexibility index (Phi) is 4.66. The molecule has 3 aromatic carbocycles. The number of aromatic hydroxyl groups is 1. The zero-order valence-corrected chi connectivity index (χ0v) is 13.2. The molecule has 0 bridgehead atoms. The van der Waals surface area contributed by atoms with Gasteiger partial charge in [0, 0.05) is 0 Å². The van der Waals surface area contributed by atoms with E-state index in [2.05, 4.69) is 5.32 Å². The van der Waals surface area contributed by atoms with Crippen LogP contribution in [0.5, 0.6) is 5.75 Å². The van der Waals surface area contributed by atoms with Crippen molar-refractivity contribution in [1.29, 1.82) is 0 Å². The second-order valence-electron chi connectivity index (χ2n) is 5.54.